The minimum atomic E-state index is -0.671. The van der Waals surface area contributed by atoms with Gasteiger partial charge in [0.05, 0.1) is 16.7 Å². The average Bonchev–Trinajstić information content (AvgIpc) is 3.42. The molecule has 1 aliphatic rings. The van der Waals surface area contributed by atoms with Crippen LogP contribution in [0.2, 0.25) is 5.02 Å². The van der Waals surface area contributed by atoms with Crippen LogP contribution in [0.25, 0.3) is 0 Å². The summed E-state index contributed by atoms with van der Waals surface area (Å²) in [4.78, 5) is 24.4. The van der Waals surface area contributed by atoms with Crippen molar-refractivity contribution >= 4 is 29.2 Å². The van der Waals surface area contributed by atoms with Gasteiger partial charge < -0.3 is 10.1 Å². The van der Waals surface area contributed by atoms with Crippen LogP contribution in [0.5, 0.6) is 0 Å². The minimum Gasteiger partial charge on any atom is -0.455 e. The van der Waals surface area contributed by atoms with Crippen molar-refractivity contribution in [1.29, 1.82) is 5.26 Å². The maximum Gasteiger partial charge on any atom is 0.317 e. The number of carbonyl (C=O) groups excluding carboxylic acids is 2. The lowest BCUT2D eigenvalue weighted by Crippen LogP contribution is -2.28. The van der Waals surface area contributed by atoms with E-state index in [-0.39, 0.29) is 0 Å². The zero-order valence-electron chi connectivity index (χ0n) is 13.3. The van der Waals surface area contributed by atoms with Gasteiger partial charge in [-0.15, -0.1) is 0 Å². The molecule has 6 heteroatoms. The Labute approximate surface area is 150 Å². The van der Waals surface area contributed by atoms with Crippen molar-refractivity contribution in [3.05, 3.63) is 64.7 Å². The number of hydrogen-bond acceptors (Lipinski definition) is 4. The molecule has 0 aromatic heterocycles. The van der Waals surface area contributed by atoms with Gasteiger partial charge >= 0.3 is 5.97 Å². The van der Waals surface area contributed by atoms with E-state index >= 15 is 0 Å². The Morgan fingerprint density at radius 2 is 1.84 bits per heavy atom. The second-order valence-electron chi connectivity index (χ2n) is 5.87. The highest BCUT2D eigenvalue weighted by Crippen LogP contribution is 2.49. The maximum absolute atomic E-state index is 12.4. The number of benzene rings is 2. The van der Waals surface area contributed by atoms with Crippen LogP contribution in [0.1, 0.15) is 24.0 Å². The van der Waals surface area contributed by atoms with Crippen molar-refractivity contribution in [1.82, 2.24) is 0 Å². The monoisotopic (exact) mass is 354 g/mol. The SMILES string of the molecule is N#Cc1ccccc1NC(=O)COC(=O)C1(c2ccc(Cl)cc2)CC1. The number of halogens is 1. The van der Waals surface area contributed by atoms with Gasteiger partial charge in [-0.25, -0.2) is 0 Å². The van der Waals surface area contributed by atoms with Gasteiger partial charge in [0.1, 0.15) is 6.07 Å². The molecule has 0 atom stereocenters. The molecule has 1 fully saturated rings. The summed E-state index contributed by atoms with van der Waals surface area (Å²) < 4.78 is 5.19. The smallest absolute Gasteiger partial charge is 0.317 e. The molecule has 2 aromatic rings. The number of esters is 1. The zero-order valence-corrected chi connectivity index (χ0v) is 14.0. The highest BCUT2D eigenvalue weighted by atomic mass is 35.5. The maximum atomic E-state index is 12.4. The second kappa shape index (κ2) is 6.96. The lowest BCUT2D eigenvalue weighted by Gasteiger charge is -2.15. The summed E-state index contributed by atoms with van der Waals surface area (Å²) in [6.45, 7) is -0.395. The third kappa shape index (κ3) is 3.65. The molecule has 5 nitrogen and oxygen atoms in total. The van der Waals surface area contributed by atoms with E-state index in [9.17, 15) is 9.59 Å². The highest BCUT2D eigenvalue weighted by molar-refractivity contribution is 6.30. The molecular weight excluding hydrogens is 340 g/mol. The lowest BCUT2D eigenvalue weighted by molar-refractivity contribution is -0.150. The molecule has 0 radical (unpaired) electrons. The average molecular weight is 355 g/mol. The van der Waals surface area contributed by atoms with Crippen LogP contribution in [-0.2, 0) is 19.7 Å². The Bertz CT molecular complexity index is 852. The van der Waals surface area contributed by atoms with Crippen LogP contribution in [0, 0.1) is 11.3 Å². The van der Waals surface area contributed by atoms with Gasteiger partial charge in [-0.2, -0.15) is 5.26 Å². The quantitative estimate of drug-likeness (QED) is 0.834. The molecule has 1 N–H and O–H groups in total. The summed E-state index contributed by atoms with van der Waals surface area (Å²) in [5.74, 6) is -0.901. The Morgan fingerprint density at radius 3 is 2.48 bits per heavy atom. The number of hydrogen-bond donors (Lipinski definition) is 1. The van der Waals surface area contributed by atoms with E-state index in [4.69, 9.17) is 21.6 Å². The van der Waals surface area contributed by atoms with Gasteiger partial charge in [0.15, 0.2) is 6.61 Å². The second-order valence-corrected chi connectivity index (χ2v) is 6.31. The number of para-hydroxylation sites is 1. The van der Waals surface area contributed by atoms with Crippen LogP contribution in [0.15, 0.2) is 48.5 Å². The van der Waals surface area contributed by atoms with E-state index in [0.717, 1.165) is 5.56 Å². The predicted octanol–water partition coefficient (Wildman–Crippen LogP) is 3.43. The van der Waals surface area contributed by atoms with Crippen molar-refractivity contribution in [2.45, 2.75) is 18.3 Å². The molecule has 3 rings (SSSR count). The van der Waals surface area contributed by atoms with E-state index < -0.39 is 23.9 Å². The van der Waals surface area contributed by atoms with Gasteiger partial charge in [-0.3, -0.25) is 9.59 Å². The standard InChI is InChI=1S/C19H15ClN2O3/c20-15-7-5-14(6-8-15)19(9-10-19)18(24)25-12-17(23)22-16-4-2-1-3-13(16)11-21/h1-8H,9-10,12H2,(H,22,23). The van der Waals surface area contributed by atoms with Crippen molar-refractivity contribution < 1.29 is 14.3 Å². The van der Waals surface area contributed by atoms with E-state index in [2.05, 4.69) is 5.32 Å². The number of amides is 1. The number of rotatable bonds is 5. The van der Waals surface area contributed by atoms with Crippen molar-refractivity contribution in [3.8, 4) is 6.07 Å². The van der Waals surface area contributed by atoms with Gasteiger partial charge in [-0.05, 0) is 42.7 Å². The van der Waals surface area contributed by atoms with Crippen molar-refractivity contribution in [2.75, 3.05) is 11.9 Å². The molecule has 0 spiro atoms. The first-order chi connectivity index (χ1) is 12.0. The number of nitrogens with one attached hydrogen (secondary N) is 1. The topological polar surface area (TPSA) is 79.2 Å². The lowest BCUT2D eigenvalue weighted by atomic mass is 9.96. The van der Waals surface area contributed by atoms with Gasteiger partial charge in [-0.1, -0.05) is 35.9 Å². The minimum absolute atomic E-state index is 0.349. The molecule has 0 aliphatic heterocycles. The van der Waals surface area contributed by atoms with Crippen molar-refractivity contribution in [2.24, 2.45) is 0 Å². The fourth-order valence-electron chi connectivity index (χ4n) is 2.65. The number of nitrogens with zero attached hydrogens (tertiary/aromatic N) is 1. The third-order valence-electron chi connectivity index (χ3n) is 4.19. The van der Waals surface area contributed by atoms with Gasteiger partial charge in [0.25, 0.3) is 5.91 Å². The summed E-state index contributed by atoms with van der Waals surface area (Å²) in [5.41, 5.74) is 0.916. The summed E-state index contributed by atoms with van der Waals surface area (Å²) in [6, 6.07) is 15.7. The van der Waals surface area contributed by atoms with Crippen LogP contribution in [-0.4, -0.2) is 18.5 Å². The summed E-state index contributed by atoms with van der Waals surface area (Å²) in [5, 5.41) is 12.2. The molecule has 1 aliphatic carbocycles. The van der Waals surface area contributed by atoms with Crippen molar-refractivity contribution in [3.63, 3.8) is 0 Å². The number of carbonyl (C=O) groups is 2. The fraction of sp³-hybridized carbons (Fsp3) is 0.211. The molecular formula is C19H15ClN2O3. The molecule has 1 amide bonds. The molecule has 126 valence electrons. The highest BCUT2D eigenvalue weighted by Gasteiger charge is 2.52. The number of ether oxygens (including phenoxy) is 1. The zero-order chi connectivity index (χ0) is 17.9. The summed E-state index contributed by atoms with van der Waals surface area (Å²) in [6.07, 6.45) is 1.37. The van der Waals surface area contributed by atoms with Crippen LogP contribution in [0.3, 0.4) is 0 Å². The van der Waals surface area contributed by atoms with Crippen LogP contribution in [0.4, 0.5) is 5.69 Å². The molecule has 25 heavy (non-hydrogen) atoms. The molecule has 1 saturated carbocycles. The Kier molecular flexibility index (Phi) is 4.73. The van der Waals surface area contributed by atoms with Crippen LogP contribution < -0.4 is 5.32 Å². The first-order valence-corrected chi connectivity index (χ1v) is 8.15. The molecule has 0 bridgehead atoms. The Morgan fingerprint density at radius 1 is 1.16 bits per heavy atom. The Hall–Kier alpha value is -2.84. The first kappa shape index (κ1) is 17.0. The fourth-order valence-corrected chi connectivity index (χ4v) is 2.78. The van der Waals surface area contributed by atoms with E-state index in [1.165, 1.54) is 0 Å². The van der Waals surface area contributed by atoms with E-state index in [0.29, 0.717) is 29.1 Å². The summed E-state index contributed by atoms with van der Waals surface area (Å²) >= 11 is 5.87. The molecule has 0 saturated heterocycles. The largest absolute Gasteiger partial charge is 0.455 e. The van der Waals surface area contributed by atoms with Gasteiger partial charge in [0.2, 0.25) is 0 Å². The first-order valence-electron chi connectivity index (χ1n) is 7.77. The van der Waals surface area contributed by atoms with E-state index in [1.54, 1.807) is 48.5 Å². The molecule has 0 unspecified atom stereocenters. The van der Waals surface area contributed by atoms with Crippen LogP contribution >= 0.6 is 11.6 Å². The van der Waals surface area contributed by atoms with Gasteiger partial charge in [0, 0.05) is 5.02 Å². The number of anilines is 1. The molecule has 2 aromatic carbocycles. The predicted molar refractivity (Wildman–Crippen MR) is 93.1 cm³/mol. The Balaban J connectivity index is 1.60. The summed E-state index contributed by atoms with van der Waals surface area (Å²) in [7, 11) is 0. The molecule has 0 heterocycles. The van der Waals surface area contributed by atoms with E-state index in [1.807, 2.05) is 6.07 Å². The number of nitriles is 1. The normalized spacial score (nSPS) is 14.2. The third-order valence-corrected chi connectivity index (χ3v) is 4.45.